The van der Waals surface area contributed by atoms with Crippen LogP contribution < -0.4 is 19.5 Å². The van der Waals surface area contributed by atoms with Crippen molar-refractivity contribution >= 4 is 11.6 Å². The molecule has 1 heterocycles. The van der Waals surface area contributed by atoms with E-state index in [2.05, 4.69) is 15.2 Å². The summed E-state index contributed by atoms with van der Waals surface area (Å²) in [5, 5.41) is 7.09. The summed E-state index contributed by atoms with van der Waals surface area (Å²) in [6, 6.07) is 20.5. The Morgan fingerprint density at radius 2 is 1.68 bits per heavy atom. The molecular weight excluding hydrogens is 444 g/mol. The van der Waals surface area contributed by atoms with Gasteiger partial charge in [0.25, 0.3) is 5.91 Å². The Hall–Kier alpha value is -4.40. The number of aromatic nitrogens is 2. The topological polar surface area (TPSA) is 74.6 Å². The number of carbonyl (C=O) groups is 1. The van der Waals surface area contributed by atoms with Gasteiger partial charge in [0, 0.05) is 11.3 Å². The van der Waals surface area contributed by atoms with Crippen molar-refractivity contribution in [3.63, 3.8) is 0 Å². The van der Waals surface area contributed by atoms with Crippen molar-refractivity contribution in [3.05, 3.63) is 84.7 Å². The van der Waals surface area contributed by atoms with E-state index in [0.29, 0.717) is 22.6 Å². The lowest BCUT2D eigenvalue weighted by atomic mass is 10.0. The van der Waals surface area contributed by atoms with E-state index in [1.165, 1.54) is 31.0 Å². The van der Waals surface area contributed by atoms with Crippen LogP contribution >= 0.6 is 0 Å². The van der Waals surface area contributed by atoms with E-state index in [1.54, 1.807) is 36.5 Å². The van der Waals surface area contributed by atoms with Crippen LogP contribution in [0.5, 0.6) is 17.2 Å². The molecule has 1 aromatic heterocycles. The number of nitrogens with zero attached hydrogens (tertiary/aromatic N) is 2. The number of benzene rings is 3. The monoisotopic (exact) mass is 465 g/mol. The highest BCUT2D eigenvalue weighted by Crippen LogP contribution is 2.35. The second-order valence-electron chi connectivity index (χ2n) is 7.10. The maximum atomic E-state index is 13.0. The first-order chi connectivity index (χ1) is 16.5. The van der Waals surface area contributed by atoms with Gasteiger partial charge >= 0.3 is 6.61 Å². The van der Waals surface area contributed by atoms with Crippen molar-refractivity contribution in [2.45, 2.75) is 6.61 Å². The summed E-state index contributed by atoms with van der Waals surface area (Å²) < 4.78 is 42.6. The van der Waals surface area contributed by atoms with Crippen LogP contribution in [0.4, 0.5) is 14.5 Å². The first-order valence-electron chi connectivity index (χ1n) is 10.2. The predicted octanol–water partition coefficient (Wildman–Crippen LogP) is 5.41. The molecule has 34 heavy (non-hydrogen) atoms. The van der Waals surface area contributed by atoms with Gasteiger partial charge in [0.1, 0.15) is 11.5 Å². The van der Waals surface area contributed by atoms with E-state index in [1.807, 2.05) is 30.3 Å². The van der Waals surface area contributed by atoms with Crippen LogP contribution in [0.3, 0.4) is 0 Å². The molecule has 0 aliphatic rings. The molecule has 4 rings (SSSR count). The lowest BCUT2D eigenvalue weighted by molar-refractivity contribution is -0.0494. The summed E-state index contributed by atoms with van der Waals surface area (Å²) in [5.41, 5.74) is 2.19. The van der Waals surface area contributed by atoms with E-state index < -0.39 is 12.5 Å². The van der Waals surface area contributed by atoms with Crippen LogP contribution in [-0.4, -0.2) is 36.5 Å². The van der Waals surface area contributed by atoms with E-state index in [-0.39, 0.29) is 17.2 Å². The van der Waals surface area contributed by atoms with Crippen LogP contribution in [0.25, 0.3) is 16.8 Å². The zero-order valence-corrected chi connectivity index (χ0v) is 18.4. The van der Waals surface area contributed by atoms with E-state index >= 15 is 0 Å². The summed E-state index contributed by atoms with van der Waals surface area (Å²) in [5.74, 6) is 0.360. The lowest BCUT2D eigenvalue weighted by Crippen LogP contribution is -2.14. The number of methoxy groups -OCH3 is 2. The Bertz CT molecular complexity index is 1280. The molecule has 3 aromatic carbocycles. The number of nitrogens with one attached hydrogen (secondary N) is 1. The fraction of sp³-hybridized carbons (Fsp3) is 0.120. The van der Waals surface area contributed by atoms with Crippen molar-refractivity contribution in [2.75, 3.05) is 19.5 Å². The predicted molar refractivity (Wildman–Crippen MR) is 123 cm³/mol. The molecule has 0 saturated carbocycles. The summed E-state index contributed by atoms with van der Waals surface area (Å²) in [7, 11) is 2.98. The Labute approximate surface area is 194 Å². The molecule has 1 amide bonds. The number of hydrogen-bond acceptors (Lipinski definition) is 5. The first-order valence-corrected chi connectivity index (χ1v) is 10.2. The second kappa shape index (κ2) is 10.0. The summed E-state index contributed by atoms with van der Waals surface area (Å²) >= 11 is 0. The maximum absolute atomic E-state index is 13.0. The highest BCUT2D eigenvalue weighted by Gasteiger charge is 2.20. The van der Waals surface area contributed by atoms with Crippen molar-refractivity contribution in [1.29, 1.82) is 0 Å². The third-order valence-electron chi connectivity index (χ3n) is 4.99. The minimum absolute atomic E-state index is 0.0240. The number of alkyl halides is 2. The standard InChI is InChI=1S/C25H21F2N3O4/c1-32-19-11-8-16(9-12-19)20-14-17(10-13-21(20)34-25(26)27)28-24(31)23-22(33-2)15-30(29-23)18-6-4-3-5-7-18/h3-15,25H,1-2H3,(H,28,31). The molecule has 1 N–H and O–H groups in total. The molecule has 0 fully saturated rings. The van der Waals surface area contributed by atoms with Crippen molar-refractivity contribution in [3.8, 4) is 34.1 Å². The van der Waals surface area contributed by atoms with Crippen LogP contribution in [0.2, 0.25) is 0 Å². The zero-order chi connectivity index (χ0) is 24.1. The molecule has 0 saturated heterocycles. The van der Waals surface area contributed by atoms with Crippen LogP contribution in [0, 0.1) is 0 Å². The number of para-hydroxylation sites is 1. The van der Waals surface area contributed by atoms with Crippen LogP contribution in [0.15, 0.2) is 79.0 Å². The number of halogens is 2. The Morgan fingerprint density at radius 1 is 0.941 bits per heavy atom. The zero-order valence-electron chi connectivity index (χ0n) is 18.4. The molecule has 4 aromatic rings. The average molecular weight is 465 g/mol. The molecule has 0 aliphatic carbocycles. The van der Waals surface area contributed by atoms with Gasteiger partial charge in [-0.15, -0.1) is 0 Å². The molecule has 0 aliphatic heterocycles. The summed E-state index contributed by atoms with van der Waals surface area (Å²) in [6.45, 7) is -3.00. The Kier molecular flexibility index (Phi) is 6.72. The van der Waals surface area contributed by atoms with Gasteiger partial charge in [-0.2, -0.15) is 13.9 Å². The van der Waals surface area contributed by atoms with Gasteiger partial charge in [0.2, 0.25) is 0 Å². The smallest absolute Gasteiger partial charge is 0.387 e. The number of rotatable bonds is 8. The molecule has 174 valence electrons. The average Bonchev–Trinajstić information content (AvgIpc) is 3.30. The third kappa shape index (κ3) is 4.98. The van der Waals surface area contributed by atoms with Gasteiger partial charge in [0.15, 0.2) is 11.4 Å². The normalized spacial score (nSPS) is 10.7. The molecule has 0 unspecified atom stereocenters. The molecule has 0 spiro atoms. The van der Waals surface area contributed by atoms with Gasteiger partial charge in [0.05, 0.1) is 26.1 Å². The second-order valence-corrected chi connectivity index (χ2v) is 7.10. The third-order valence-corrected chi connectivity index (χ3v) is 4.99. The molecule has 0 atom stereocenters. The van der Waals surface area contributed by atoms with Crippen molar-refractivity contribution < 1.29 is 27.8 Å². The minimum atomic E-state index is -3.00. The first kappa shape index (κ1) is 22.8. The van der Waals surface area contributed by atoms with E-state index in [0.717, 1.165) is 5.69 Å². The van der Waals surface area contributed by atoms with Crippen molar-refractivity contribution in [1.82, 2.24) is 9.78 Å². The number of hydrogen-bond donors (Lipinski definition) is 1. The largest absolute Gasteiger partial charge is 0.497 e. The Balaban J connectivity index is 1.65. The van der Waals surface area contributed by atoms with Crippen molar-refractivity contribution in [2.24, 2.45) is 0 Å². The van der Waals surface area contributed by atoms with Gasteiger partial charge in [-0.3, -0.25) is 4.79 Å². The molecular formula is C25H21F2N3O4. The molecule has 9 heteroatoms. The molecule has 7 nitrogen and oxygen atoms in total. The minimum Gasteiger partial charge on any atom is -0.497 e. The van der Waals surface area contributed by atoms with E-state index in [4.69, 9.17) is 9.47 Å². The van der Waals surface area contributed by atoms with Gasteiger partial charge in [-0.1, -0.05) is 30.3 Å². The maximum Gasteiger partial charge on any atom is 0.387 e. The SMILES string of the molecule is COc1ccc(-c2cc(NC(=O)c3nn(-c4ccccc4)cc3OC)ccc2OC(F)F)cc1. The van der Waals surface area contributed by atoms with Crippen LogP contribution in [-0.2, 0) is 0 Å². The Morgan fingerprint density at radius 3 is 2.32 bits per heavy atom. The quantitative estimate of drug-likeness (QED) is 0.377. The summed E-state index contributed by atoms with van der Waals surface area (Å²) in [4.78, 5) is 13.0. The number of ether oxygens (including phenoxy) is 3. The van der Waals surface area contributed by atoms with Gasteiger partial charge in [-0.25, -0.2) is 4.68 Å². The van der Waals surface area contributed by atoms with Gasteiger partial charge < -0.3 is 19.5 Å². The number of carbonyl (C=O) groups excluding carboxylic acids is 1. The van der Waals surface area contributed by atoms with Crippen LogP contribution in [0.1, 0.15) is 10.5 Å². The van der Waals surface area contributed by atoms with Gasteiger partial charge in [-0.05, 0) is 48.0 Å². The molecule has 0 bridgehead atoms. The highest BCUT2D eigenvalue weighted by atomic mass is 19.3. The number of anilines is 1. The summed E-state index contributed by atoms with van der Waals surface area (Å²) in [6.07, 6.45) is 1.60. The number of amides is 1. The fourth-order valence-electron chi connectivity index (χ4n) is 3.37. The fourth-order valence-corrected chi connectivity index (χ4v) is 3.37. The molecule has 0 radical (unpaired) electrons. The van der Waals surface area contributed by atoms with E-state index in [9.17, 15) is 13.6 Å². The lowest BCUT2D eigenvalue weighted by Gasteiger charge is -2.14. The highest BCUT2D eigenvalue weighted by molar-refractivity contribution is 6.05.